The molecule has 43 heavy (non-hydrogen) atoms. The summed E-state index contributed by atoms with van der Waals surface area (Å²) in [7, 11) is -1.17. The molecule has 1 saturated heterocycles. The Labute approximate surface area is 256 Å². The smallest absolute Gasteiger partial charge is 0.148 e. The van der Waals surface area contributed by atoms with Crippen molar-refractivity contribution in [2.75, 3.05) is 19.7 Å². The van der Waals surface area contributed by atoms with Gasteiger partial charge in [0.15, 0.2) is 0 Å². The Balaban J connectivity index is 1.21. The van der Waals surface area contributed by atoms with Crippen LogP contribution in [0.4, 0.5) is 4.39 Å². The lowest BCUT2D eigenvalue weighted by Crippen LogP contribution is -2.39. The number of halogens is 2. The van der Waals surface area contributed by atoms with E-state index < -0.39 is 14.2 Å². The Morgan fingerprint density at radius 2 is 1.95 bits per heavy atom. The first-order chi connectivity index (χ1) is 20.6. The van der Waals surface area contributed by atoms with E-state index in [9.17, 15) is 4.39 Å². The molecule has 3 aromatic heterocycles. The largest absolute Gasteiger partial charge is 0.456 e. The van der Waals surface area contributed by atoms with E-state index in [0.717, 1.165) is 48.0 Å². The zero-order valence-corrected chi connectivity index (χ0v) is 26.7. The number of benzene rings is 2. The first-order valence-electron chi connectivity index (χ1n) is 14.7. The van der Waals surface area contributed by atoms with Crippen LogP contribution >= 0.6 is 11.6 Å². The van der Waals surface area contributed by atoms with Gasteiger partial charge in [0.25, 0.3) is 0 Å². The van der Waals surface area contributed by atoms with Gasteiger partial charge in [0.1, 0.15) is 40.8 Å². The van der Waals surface area contributed by atoms with Crippen molar-refractivity contribution in [1.29, 1.82) is 0 Å². The van der Waals surface area contributed by atoms with Crippen molar-refractivity contribution in [3.8, 4) is 22.8 Å². The van der Waals surface area contributed by atoms with E-state index in [-0.39, 0.29) is 5.92 Å². The lowest BCUT2D eigenvalue weighted by molar-refractivity contribution is 0.0885. The Bertz CT molecular complexity index is 1750. The minimum atomic E-state index is -1.17. The van der Waals surface area contributed by atoms with Gasteiger partial charge in [-0.25, -0.2) is 14.4 Å². The Morgan fingerprint density at radius 3 is 2.77 bits per heavy atom. The SMILES string of the molecule is Cc1nc2ccc(Oc3ccc4ncc(-c5cnn(CC6CCNCC6F)c5)nc4c3Cl)cc2n1COCC[Si](C)(C)C. The highest BCUT2D eigenvalue weighted by molar-refractivity contribution is 6.76. The molecule has 2 unspecified atom stereocenters. The molecule has 9 nitrogen and oxygen atoms in total. The molecule has 4 heterocycles. The van der Waals surface area contributed by atoms with E-state index in [0.29, 0.717) is 53.1 Å². The van der Waals surface area contributed by atoms with Crippen molar-refractivity contribution in [2.24, 2.45) is 5.92 Å². The third kappa shape index (κ3) is 6.74. The quantitative estimate of drug-likeness (QED) is 0.135. The topological polar surface area (TPSA) is 91.9 Å². The molecule has 0 amide bonds. The van der Waals surface area contributed by atoms with E-state index >= 15 is 0 Å². The van der Waals surface area contributed by atoms with Gasteiger partial charge in [-0.1, -0.05) is 31.2 Å². The molecule has 5 aromatic rings. The summed E-state index contributed by atoms with van der Waals surface area (Å²) in [6.45, 7) is 11.9. The van der Waals surface area contributed by atoms with Crippen LogP contribution < -0.4 is 10.1 Å². The molecule has 0 bridgehead atoms. The number of aryl methyl sites for hydroxylation is 1. The van der Waals surface area contributed by atoms with Gasteiger partial charge in [-0.05, 0) is 50.2 Å². The highest BCUT2D eigenvalue weighted by Gasteiger charge is 2.25. The molecule has 2 aromatic carbocycles. The monoisotopic (exact) mass is 621 g/mol. The average Bonchev–Trinajstić information content (AvgIpc) is 3.57. The van der Waals surface area contributed by atoms with Gasteiger partial charge >= 0.3 is 0 Å². The normalized spacial score (nSPS) is 17.6. The molecule has 2 atom stereocenters. The lowest BCUT2D eigenvalue weighted by Gasteiger charge is -2.26. The molecule has 226 valence electrons. The molecule has 0 saturated carbocycles. The van der Waals surface area contributed by atoms with Gasteiger partial charge in [-0.2, -0.15) is 5.10 Å². The maximum atomic E-state index is 14.3. The molecule has 12 heteroatoms. The molecule has 1 N–H and O–H groups in total. The zero-order chi connectivity index (χ0) is 30.1. The standard InChI is InChI=1S/C31H37ClFN7O2Si/c1-20-37-25-6-5-23(13-28(25)40(20)19-41-11-12-43(2,3)4)42-29-8-7-26-31(30(29)32)38-27(16-35-26)22-14-36-39(18-22)17-21-9-10-34-15-24(21)33/h5-8,13-14,16,18,21,24,34H,9-12,15,17,19H2,1-4H3. The number of nitrogens with one attached hydrogen (secondary N) is 1. The second kappa shape index (κ2) is 12.3. The number of ether oxygens (including phenoxy) is 2. The first-order valence-corrected chi connectivity index (χ1v) is 18.8. The van der Waals surface area contributed by atoms with Crippen LogP contribution in [0.15, 0.2) is 48.9 Å². The van der Waals surface area contributed by atoms with Crippen molar-refractivity contribution in [3.05, 3.63) is 59.8 Å². The number of rotatable bonds is 10. The van der Waals surface area contributed by atoms with Gasteiger partial charge in [0.05, 0.1) is 34.6 Å². The van der Waals surface area contributed by atoms with Gasteiger partial charge in [-0.3, -0.25) is 9.67 Å². The van der Waals surface area contributed by atoms with Gasteiger partial charge in [0.2, 0.25) is 0 Å². The Hall–Kier alpha value is -3.38. The average molecular weight is 622 g/mol. The fourth-order valence-electron chi connectivity index (χ4n) is 5.27. The molecule has 0 aliphatic carbocycles. The first kappa shape index (κ1) is 29.7. The van der Waals surface area contributed by atoms with Gasteiger partial charge in [-0.15, -0.1) is 0 Å². The fourth-order valence-corrected chi connectivity index (χ4v) is 6.27. The molecule has 1 aliphatic rings. The predicted octanol–water partition coefficient (Wildman–Crippen LogP) is 6.86. The molecular weight excluding hydrogens is 585 g/mol. The van der Waals surface area contributed by atoms with Gasteiger partial charge < -0.3 is 19.4 Å². The summed E-state index contributed by atoms with van der Waals surface area (Å²) in [5.41, 5.74) is 4.42. The van der Waals surface area contributed by atoms with Crippen molar-refractivity contribution in [1.82, 2.24) is 34.6 Å². The lowest BCUT2D eigenvalue weighted by atomic mass is 9.96. The number of fused-ring (bicyclic) bond motifs is 2. The highest BCUT2D eigenvalue weighted by Crippen LogP contribution is 2.36. The fraction of sp³-hybridized carbons (Fsp3) is 0.419. The Morgan fingerprint density at radius 1 is 1.12 bits per heavy atom. The maximum Gasteiger partial charge on any atom is 0.148 e. The Kier molecular flexibility index (Phi) is 8.50. The van der Waals surface area contributed by atoms with Crippen LogP contribution in [0.3, 0.4) is 0 Å². The van der Waals surface area contributed by atoms with Crippen molar-refractivity contribution in [3.63, 3.8) is 0 Å². The summed E-state index contributed by atoms with van der Waals surface area (Å²) < 4.78 is 30.4. The number of alkyl halides is 1. The van der Waals surface area contributed by atoms with E-state index in [2.05, 4.69) is 44.6 Å². The molecular formula is C31H37ClFN7O2Si. The van der Waals surface area contributed by atoms with Crippen molar-refractivity contribution in [2.45, 2.75) is 58.5 Å². The van der Waals surface area contributed by atoms with Crippen LogP contribution in [0.2, 0.25) is 30.7 Å². The van der Waals surface area contributed by atoms with Crippen LogP contribution in [-0.4, -0.2) is 63.2 Å². The van der Waals surface area contributed by atoms with Crippen molar-refractivity contribution >= 4 is 41.7 Å². The number of hydrogen-bond acceptors (Lipinski definition) is 7. The van der Waals surface area contributed by atoms with Crippen LogP contribution in [-0.2, 0) is 18.0 Å². The summed E-state index contributed by atoms with van der Waals surface area (Å²) in [5.74, 6) is 1.93. The highest BCUT2D eigenvalue weighted by atomic mass is 35.5. The summed E-state index contributed by atoms with van der Waals surface area (Å²) >= 11 is 6.85. The summed E-state index contributed by atoms with van der Waals surface area (Å²) in [6, 6.07) is 10.5. The summed E-state index contributed by atoms with van der Waals surface area (Å²) in [6.07, 6.45) is 5.22. The van der Waals surface area contributed by atoms with E-state index in [4.69, 9.17) is 26.1 Å². The molecule has 1 aliphatic heterocycles. The number of aromatic nitrogens is 6. The van der Waals surface area contributed by atoms with Crippen LogP contribution in [0.1, 0.15) is 12.2 Å². The summed E-state index contributed by atoms with van der Waals surface area (Å²) in [4.78, 5) is 14.1. The maximum absolute atomic E-state index is 14.3. The van der Waals surface area contributed by atoms with Crippen LogP contribution in [0, 0.1) is 12.8 Å². The third-order valence-corrected chi connectivity index (χ3v) is 9.94. The second-order valence-electron chi connectivity index (χ2n) is 12.4. The molecule has 1 fully saturated rings. The molecule has 0 radical (unpaired) electrons. The van der Waals surface area contributed by atoms with E-state index in [1.165, 1.54) is 0 Å². The number of piperidine rings is 1. The number of hydrogen-bond donors (Lipinski definition) is 1. The number of nitrogens with zero attached hydrogens (tertiary/aromatic N) is 6. The summed E-state index contributed by atoms with van der Waals surface area (Å²) in [5, 5.41) is 7.92. The van der Waals surface area contributed by atoms with Crippen LogP contribution in [0.25, 0.3) is 33.3 Å². The minimum absolute atomic E-state index is 0.0601. The molecule has 0 spiro atoms. The third-order valence-electron chi connectivity index (χ3n) is 7.87. The van der Waals surface area contributed by atoms with E-state index in [1.54, 1.807) is 23.1 Å². The zero-order valence-electron chi connectivity index (χ0n) is 25.0. The minimum Gasteiger partial charge on any atom is -0.456 e. The van der Waals surface area contributed by atoms with Crippen LogP contribution in [0.5, 0.6) is 11.5 Å². The van der Waals surface area contributed by atoms with Crippen molar-refractivity contribution < 1.29 is 13.9 Å². The van der Waals surface area contributed by atoms with E-state index in [1.807, 2.05) is 37.4 Å². The molecule has 6 rings (SSSR count). The predicted molar refractivity (Wildman–Crippen MR) is 170 cm³/mol. The van der Waals surface area contributed by atoms with Gasteiger partial charge in [0, 0.05) is 51.5 Å². The number of imidazole rings is 1. The second-order valence-corrected chi connectivity index (χ2v) is 18.4.